The number of hydrogen-bond acceptors (Lipinski definition) is 6. The standard InChI is InChI=1S/C27H28ClNO6/c1-5-6-10-29-23(16-8-7-9-19(12-16)34-15(2)3)22(25(31)27(29)32)24(30)20-13-17-11-18(28)14-21(33-4)26(17)35-20/h7-9,11-15,23,31H,5-6,10H2,1-4H3. The smallest absolute Gasteiger partial charge is 0.290 e. The Bertz CT molecular complexity index is 1310. The van der Waals surface area contributed by atoms with Crippen molar-refractivity contribution in [3.63, 3.8) is 0 Å². The number of nitrogens with zero attached hydrogens (tertiary/aromatic N) is 1. The highest BCUT2D eigenvalue weighted by molar-refractivity contribution is 6.31. The first-order valence-corrected chi connectivity index (χ1v) is 11.9. The summed E-state index contributed by atoms with van der Waals surface area (Å²) >= 11 is 6.16. The molecule has 1 unspecified atom stereocenters. The monoisotopic (exact) mass is 497 g/mol. The topological polar surface area (TPSA) is 89.2 Å². The molecule has 3 aromatic rings. The molecule has 0 radical (unpaired) electrons. The number of rotatable bonds is 9. The number of amides is 1. The molecule has 2 aromatic carbocycles. The number of hydrogen-bond donors (Lipinski definition) is 1. The van der Waals surface area contributed by atoms with Crippen LogP contribution in [0.4, 0.5) is 0 Å². The van der Waals surface area contributed by atoms with Crippen molar-refractivity contribution in [1.82, 2.24) is 4.90 Å². The van der Waals surface area contributed by atoms with E-state index in [9.17, 15) is 14.7 Å². The Balaban J connectivity index is 1.81. The summed E-state index contributed by atoms with van der Waals surface area (Å²) in [5.74, 6) is -0.764. The number of furan rings is 1. The van der Waals surface area contributed by atoms with Crippen LogP contribution in [0.3, 0.4) is 0 Å². The van der Waals surface area contributed by atoms with Crippen LogP contribution in [0.25, 0.3) is 11.0 Å². The molecule has 0 aliphatic carbocycles. The van der Waals surface area contributed by atoms with Gasteiger partial charge < -0.3 is 23.9 Å². The van der Waals surface area contributed by atoms with Crippen LogP contribution in [0.5, 0.6) is 11.5 Å². The van der Waals surface area contributed by atoms with E-state index in [4.69, 9.17) is 25.5 Å². The van der Waals surface area contributed by atoms with Crippen LogP contribution < -0.4 is 9.47 Å². The van der Waals surface area contributed by atoms with Gasteiger partial charge in [0.25, 0.3) is 5.91 Å². The Morgan fingerprint density at radius 3 is 2.69 bits per heavy atom. The number of aliphatic hydroxyl groups is 1. The maximum absolute atomic E-state index is 13.7. The van der Waals surface area contributed by atoms with Gasteiger partial charge in [0, 0.05) is 23.0 Å². The molecule has 1 N–H and O–H groups in total. The normalized spacial score (nSPS) is 16.0. The van der Waals surface area contributed by atoms with Crippen molar-refractivity contribution in [2.75, 3.05) is 13.7 Å². The number of unbranched alkanes of at least 4 members (excludes halogenated alkanes) is 1. The summed E-state index contributed by atoms with van der Waals surface area (Å²) in [7, 11) is 1.48. The molecule has 184 valence electrons. The van der Waals surface area contributed by atoms with Crippen molar-refractivity contribution in [3.8, 4) is 11.5 Å². The van der Waals surface area contributed by atoms with Crippen LogP contribution in [0.2, 0.25) is 5.02 Å². The van der Waals surface area contributed by atoms with Gasteiger partial charge in [-0.15, -0.1) is 0 Å². The van der Waals surface area contributed by atoms with Gasteiger partial charge in [-0.25, -0.2) is 0 Å². The Morgan fingerprint density at radius 2 is 2.00 bits per heavy atom. The SMILES string of the molecule is CCCCN1C(=O)C(O)=C(C(=O)c2cc3cc(Cl)cc(OC)c3o2)C1c1cccc(OC(C)C)c1. The predicted octanol–water partition coefficient (Wildman–Crippen LogP) is 6.26. The second kappa shape index (κ2) is 10.0. The van der Waals surface area contributed by atoms with Crippen LogP contribution in [0, 0.1) is 0 Å². The third-order valence-corrected chi connectivity index (χ3v) is 6.06. The quantitative estimate of drug-likeness (QED) is 0.351. The van der Waals surface area contributed by atoms with Gasteiger partial charge >= 0.3 is 0 Å². The lowest BCUT2D eigenvalue weighted by molar-refractivity contribution is -0.129. The molecule has 0 saturated heterocycles. The lowest BCUT2D eigenvalue weighted by Crippen LogP contribution is -2.32. The van der Waals surface area contributed by atoms with E-state index in [-0.39, 0.29) is 17.4 Å². The molecule has 8 heteroatoms. The molecule has 0 spiro atoms. The predicted molar refractivity (Wildman–Crippen MR) is 133 cm³/mol. The average Bonchev–Trinajstić information content (AvgIpc) is 3.35. The van der Waals surface area contributed by atoms with Gasteiger partial charge in [0.1, 0.15) is 5.75 Å². The average molecular weight is 498 g/mol. The van der Waals surface area contributed by atoms with Crippen molar-refractivity contribution in [3.05, 3.63) is 70.1 Å². The Kier molecular flexibility index (Phi) is 7.08. The molecule has 0 fully saturated rings. The Morgan fingerprint density at radius 1 is 1.23 bits per heavy atom. The van der Waals surface area contributed by atoms with E-state index in [1.807, 2.05) is 32.9 Å². The van der Waals surface area contributed by atoms with Crippen LogP contribution in [0.15, 0.2) is 58.2 Å². The molecule has 1 aromatic heterocycles. The van der Waals surface area contributed by atoms with E-state index >= 15 is 0 Å². The number of carbonyl (C=O) groups is 2. The highest BCUT2D eigenvalue weighted by Crippen LogP contribution is 2.41. The first kappa shape index (κ1) is 24.7. The zero-order chi connectivity index (χ0) is 25.3. The highest BCUT2D eigenvalue weighted by Gasteiger charge is 2.44. The largest absolute Gasteiger partial charge is 0.503 e. The summed E-state index contributed by atoms with van der Waals surface area (Å²) in [5.41, 5.74) is 0.991. The lowest BCUT2D eigenvalue weighted by Gasteiger charge is -2.27. The van der Waals surface area contributed by atoms with Gasteiger partial charge in [-0.3, -0.25) is 9.59 Å². The van der Waals surface area contributed by atoms with Crippen molar-refractivity contribution in [2.45, 2.75) is 45.8 Å². The molecule has 1 atom stereocenters. The van der Waals surface area contributed by atoms with Gasteiger partial charge in [-0.2, -0.15) is 0 Å². The molecule has 1 aliphatic rings. The molecular formula is C27H28ClNO6. The molecule has 1 aliphatic heterocycles. The van der Waals surface area contributed by atoms with Gasteiger partial charge in [0.05, 0.1) is 24.8 Å². The van der Waals surface area contributed by atoms with Gasteiger partial charge in [-0.05, 0) is 50.1 Å². The fraction of sp³-hybridized carbons (Fsp3) is 0.333. The number of carbonyl (C=O) groups excluding carboxylic acids is 2. The van der Waals surface area contributed by atoms with E-state index in [0.29, 0.717) is 39.6 Å². The molecule has 1 amide bonds. The third-order valence-electron chi connectivity index (χ3n) is 5.84. The summed E-state index contributed by atoms with van der Waals surface area (Å²) in [5, 5.41) is 11.9. The summed E-state index contributed by atoms with van der Waals surface area (Å²) < 4.78 is 17.0. The minimum atomic E-state index is -0.782. The van der Waals surface area contributed by atoms with E-state index in [0.717, 1.165) is 12.8 Å². The first-order valence-electron chi connectivity index (χ1n) is 11.6. The van der Waals surface area contributed by atoms with Gasteiger partial charge in [-0.1, -0.05) is 37.1 Å². The fourth-order valence-electron chi connectivity index (χ4n) is 4.30. The van der Waals surface area contributed by atoms with E-state index in [1.54, 1.807) is 30.3 Å². The number of aliphatic hydroxyl groups excluding tert-OH is 1. The second-order valence-corrected chi connectivity index (χ2v) is 9.16. The van der Waals surface area contributed by atoms with Crippen LogP contribution in [-0.2, 0) is 4.79 Å². The van der Waals surface area contributed by atoms with Crippen molar-refractivity contribution in [2.24, 2.45) is 0 Å². The van der Waals surface area contributed by atoms with Crippen LogP contribution in [0.1, 0.15) is 55.8 Å². The zero-order valence-corrected chi connectivity index (χ0v) is 20.9. The molecule has 7 nitrogen and oxygen atoms in total. The molecule has 35 heavy (non-hydrogen) atoms. The number of halogens is 1. The van der Waals surface area contributed by atoms with Gasteiger partial charge in [0.2, 0.25) is 5.78 Å². The third kappa shape index (κ3) is 4.73. The zero-order valence-electron chi connectivity index (χ0n) is 20.1. The second-order valence-electron chi connectivity index (χ2n) is 8.72. The molecular weight excluding hydrogens is 470 g/mol. The highest BCUT2D eigenvalue weighted by atomic mass is 35.5. The van der Waals surface area contributed by atoms with Crippen molar-refractivity contribution < 1.29 is 28.6 Å². The minimum Gasteiger partial charge on any atom is -0.503 e. The number of ether oxygens (including phenoxy) is 2. The van der Waals surface area contributed by atoms with Crippen molar-refractivity contribution in [1.29, 1.82) is 0 Å². The van der Waals surface area contributed by atoms with Crippen LogP contribution in [-0.4, -0.2) is 41.5 Å². The Labute approximate surface area is 208 Å². The maximum Gasteiger partial charge on any atom is 0.290 e. The number of ketones is 1. The molecule has 0 saturated carbocycles. The van der Waals surface area contributed by atoms with E-state index in [2.05, 4.69) is 0 Å². The van der Waals surface area contributed by atoms with E-state index < -0.39 is 23.5 Å². The van der Waals surface area contributed by atoms with Crippen LogP contribution >= 0.6 is 11.6 Å². The minimum absolute atomic E-state index is 0.0214. The fourth-order valence-corrected chi connectivity index (χ4v) is 4.52. The molecule has 2 heterocycles. The maximum atomic E-state index is 13.7. The summed E-state index contributed by atoms with van der Waals surface area (Å²) in [4.78, 5) is 28.3. The molecule has 0 bridgehead atoms. The van der Waals surface area contributed by atoms with E-state index in [1.165, 1.54) is 12.0 Å². The summed E-state index contributed by atoms with van der Waals surface area (Å²) in [6, 6.07) is 11.2. The number of fused-ring (bicyclic) bond motifs is 1. The summed E-state index contributed by atoms with van der Waals surface area (Å²) in [6.45, 7) is 6.24. The van der Waals surface area contributed by atoms with Crippen molar-refractivity contribution >= 4 is 34.3 Å². The summed E-state index contributed by atoms with van der Waals surface area (Å²) in [6.07, 6.45) is 1.52. The number of benzene rings is 2. The molecule has 4 rings (SSSR count). The Hall–Kier alpha value is -3.45. The number of methoxy groups -OCH3 is 1. The lowest BCUT2D eigenvalue weighted by atomic mass is 9.94. The first-order chi connectivity index (χ1) is 16.7. The number of Topliss-reactive ketones (excluding diaryl/α,β-unsaturated/α-hetero) is 1. The van der Waals surface area contributed by atoms with Gasteiger partial charge in [0.15, 0.2) is 22.9 Å².